The first-order chi connectivity index (χ1) is 12.3. The summed E-state index contributed by atoms with van der Waals surface area (Å²) in [6, 6.07) is 14.8. The van der Waals surface area contributed by atoms with Gasteiger partial charge in [-0.2, -0.15) is 7.11 Å². The number of halogens is 1. The molecule has 0 bridgehead atoms. The van der Waals surface area contributed by atoms with E-state index in [9.17, 15) is 9.18 Å². The molecule has 27 heavy (non-hydrogen) atoms. The summed E-state index contributed by atoms with van der Waals surface area (Å²) in [7, 11) is 3.41. The zero-order chi connectivity index (χ0) is 18.9. The number of alkyl halides is 1. The van der Waals surface area contributed by atoms with Crippen LogP contribution in [0.1, 0.15) is 38.3 Å². The zero-order valence-electron chi connectivity index (χ0n) is 16.1. The number of nitrogens with zero attached hydrogens (tertiary/aromatic N) is 1. The Morgan fingerprint density at radius 2 is 1.85 bits per heavy atom. The smallest absolute Gasteiger partial charge is 0.230 e. The van der Waals surface area contributed by atoms with Crippen LogP contribution < -0.4 is 9.64 Å². The monoisotopic (exact) mass is 443 g/mol. The number of carbonyl (C=O) groups is 1. The van der Waals surface area contributed by atoms with Gasteiger partial charge in [-0.25, -0.2) is 4.39 Å². The Balaban J connectivity index is 0.00000261. The Morgan fingerprint density at radius 3 is 2.44 bits per heavy atom. The first kappa shape index (κ1) is 22.0. The predicted octanol–water partition coefficient (Wildman–Crippen LogP) is 4.84. The molecule has 2 unspecified atom stereocenters. The molecular formula is C22H25FNO2Y-. The Hall–Kier alpha value is -1.26. The van der Waals surface area contributed by atoms with Gasteiger partial charge in [-0.05, 0) is 47.2 Å². The fourth-order valence-corrected chi connectivity index (χ4v) is 3.43. The van der Waals surface area contributed by atoms with E-state index in [4.69, 9.17) is 4.74 Å². The molecule has 0 spiro atoms. The van der Waals surface area contributed by atoms with E-state index in [1.807, 2.05) is 42.5 Å². The van der Waals surface area contributed by atoms with E-state index in [1.165, 1.54) is 5.56 Å². The molecule has 0 aliphatic carbocycles. The summed E-state index contributed by atoms with van der Waals surface area (Å²) in [4.78, 5) is 14.0. The van der Waals surface area contributed by atoms with Crippen LogP contribution in [0.3, 0.4) is 0 Å². The van der Waals surface area contributed by atoms with Gasteiger partial charge in [0.2, 0.25) is 5.91 Å². The molecule has 141 valence electrons. The number of benzene rings is 2. The molecule has 0 aromatic heterocycles. The van der Waals surface area contributed by atoms with E-state index in [0.29, 0.717) is 12.2 Å². The van der Waals surface area contributed by atoms with Crippen LogP contribution in [0, 0.1) is 7.11 Å². The molecular weight excluding hydrogens is 418 g/mol. The van der Waals surface area contributed by atoms with Crippen molar-refractivity contribution in [2.45, 2.75) is 51.2 Å². The molecule has 2 atom stereocenters. The van der Waals surface area contributed by atoms with Gasteiger partial charge in [0.25, 0.3) is 0 Å². The standard InChI is InChI=1S/C22H25FNO2.Y/c1-22(2,3)16-8-10-17(11-9-16)24-20(19(23)14-21(24)25)13-15-6-5-7-18(12-15)26-4;/h5-12,19-20H,4,13-14H2,1-3H3;/q-1;. The quantitative estimate of drug-likeness (QED) is 0.634. The molecule has 1 aliphatic rings. The summed E-state index contributed by atoms with van der Waals surface area (Å²) in [5.74, 6) is 0.457. The molecule has 2 aromatic rings. The molecule has 2 aromatic carbocycles. The minimum absolute atomic E-state index is 0. The van der Waals surface area contributed by atoms with Crippen molar-refractivity contribution in [3.63, 3.8) is 0 Å². The van der Waals surface area contributed by atoms with E-state index in [-0.39, 0.29) is 50.5 Å². The summed E-state index contributed by atoms with van der Waals surface area (Å²) in [6.07, 6.45) is -0.823. The largest absolute Gasteiger partial charge is 0.665 e. The number of carbonyl (C=O) groups excluding carboxylic acids is 1. The average Bonchev–Trinajstić information content (AvgIpc) is 2.88. The van der Waals surface area contributed by atoms with Gasteiger partial charge in [-0.15, -0.1) is 0 Å². The van der Waals surface area contributed by atoms with Crippen molar-refractivity contribution >= 4 is 11.6 Å². The second kappa shape index (κ2) is 8.83. The molecule has 1 aliphatic heterocycles. The molecule has 1 amide bonds. The van der Waals surface area contributed by atoms with Gasteiger partial charge < -0.3 is 9.64 Å². The summed E-state index contributed by atoms with van der Waals surface area (Å²) in [5, 5.41) is 0. The van der Waals surface area contributed by atoms with Crippen LogP contribution >= 0.6 is 0 Å². The zero-order valence-corrected chi connectivity index (χ0v) is 19.0. The third kappa shape index (κ3) is 4.97. The van der Waals surface area contributed by atoms with Crippen molar-refractivity contribution in [3.05, 3.63) is 66.8 Å². The van der Waals surface area contributed by atoms with Crippen molar-refractivity contribution in [2.75, 3.05) is 4.90 Å². The number of amides is 1. The summed E-state index contributed by atoms with van der Waals surface area (Å²) >= 11 is 0. The maximum Gasteiger partial charge on any atom is 0.230 e. The third-order valence-electron chi connectivity index (χ3n) is 4.91. The van der Waals surface area contributed by atoms with Gasteiger partial charge in [0.1, 0.15) is 6.17 Å². The maximum absolute atomic E-state index is 14.6. The molecule has 1 heterocycles. The van der Waals surface area contributed by atoms with Crippen LogP contribution in [0.5, 0.6) is 5.75 Å². The fraction of sp³-hybridized carbons (Fsp3) is 0.364. The number of rotatable bonds is 4. The predicted molar refractivity (Wildman–Crippen MR) is 102 cm³/mol. The van der Waals surface area contributed by atoms with Gasteiger partial charge >= 0.3 is 0 Å². The molecule has 1 saturated heterocycles. The van der Waals surface area contributed by atoms with Crippen LogP contribution in [0.25, 0.3) is 0 Å². The summed E-state index contributed by atoms with van der Waals surface area (Å²) in [6.45, 7) is 6.42. The van der Waals surface area contributed by atoms with Gasteiger partial charge in [-0.3, -0.25) is 4.79 Å². The Kier molecular flexibility index (Phi) is 7.21. The summed E-state index contributed by atoms with van der Waals surface area (Å²) in [5.41, 5.74) is 2.88. The normalized spacial score (nSPS) is 19.7. The van der Waals surface area contributed by atoms with Crippen LogP contribution in [0.2, 0.25) is 0 Å². The second-order valence-corrected chi connectivity index (χ2v) is 7.84. The third-order valence-corrected chi connectivity index (χ3v) is 4.91. The maximum atomic E-state index is 14.6. The van der Waals surface area contributed by atoms with Gasteiger partial charge in [0.05, 0.1) is 18.2 Å². The van der Waals surface area contributed by atoms with Gasteiger partial charge in [0.15, 0.2) is 0 Å². The molecule has 5 heteroatoms. The molecule has 1 radical (unpaired) electrons. The van der Waals surface area contributed by atoms with Gasteiger partial charge in [0, 0.05) is 38.4 Å². The molecule has 0 N–H and O–H groups in total. The first-order valence-corrected chi connectivity index (χ1v) is 8.87. The Labute approximate surface area is 186 Å². The van der Waals surface area contributed by atoms with E-state index in [1.54, 1.807) is 11.0 Å². The molecule has 3 rings (SSSR count). The van der Waals surface area contributed by atoms with Crippen molar-refractivity contribution in [3.8, 4) is 5.75 Å². The SMILES string of the molecule is [CH2-]Oc1cccc(CC2C(F)CC(=O)N2c2ccc(C(C)(C)C)cc2)c1.[Y]. The van der Waals surface area contributed by atoms with Crippen molar-refractivity contribution < 1.29 is 46.6 Å². The number of hydrogen-bond acceptors (Lipinski definition) is 2. The minimum Gasteiger partial charge on any atom is -0.665 e. The molecule has 0 saturated carbocycles. The second-order valence-electron chi connectivity index (χ2n) is 7.84. The van der Waals surface area contributed by atoms with E-state index in [2.05, 4.69) is 27.9 Å². The van der Waals surface area contributed by atoms with Crippen molar-refractivity contribution in [2.24, 2.45) is 0 Å². The van der Waals surface area contributed by atoms with Crippen LogP contribution in [-0.2, 0) is 49.3 Å². The fourth-order valence-electron chi connectivity index (χ4n) is 3.43. The van der Waals surface area contributed by atoms with Crippen LogP contribution in [0.4, 0.5) is 10.1 Å². The number of hydrogen-bond donors (Lipinski definition) is 0. The van der Waals surface area contributed by atoms with Crippen molar-refractivity contribution in [1.82, 2.24) is 0 Å². The number of anilines is 1. The number of ether oxygens (including phenoxy) is 1. The van der Waals surface area contributed by atoms with Crippen LogP contribution in [-0.4, -0.2) is 18.1 Å². The van der Waals surface area contributed by atoms with Gasteiger partial charge in [-0.1, -0.05) is 45.0 Å². The van der Waals surface area contributed by atoms with E-state index < -0.39 is 12.2 Å². The van der Waals surface area contributed by atoms with Crippen molar-refractivity contribution in [1.29, 1.82) is 0 Å². The first-order valence-electron chi connectivity index (χ1n) is 8.87. The minimum atomic E-state index is -1.19. The topological polar surface area (TPSA) is 29.5 Å². The Bertz CT molecular complexity index is 786. The van der Waals surface area contributed by atoms with E-state index >= 15 is 0 Å². The average molecular weight is 443 g/mol. The molecule has 3 nitrogen and oxygen atoms in total. The molecule has 1 fully saturated rings. The van der Waals surface area contributed by atoms with Crippen LogP contribution in [0.15, 0.2) is 48.5 Å². The summed E-state index contributed by atoms with van der Waals surface area (Å²) < 4.78 is 19.6. The van der Waals surface area contributed by atoms with E-state index in [0.717, 1.165) is 11.3 Å². The Morgan fingerprint density at radius 1 is 1.19 bits per heavy atom.